The molecule has 10 heteroatoms. The van der Waals surface area contributed by atoms with Gasteiger partial charge in [-0.3, -0.25) is 4.57 Å². The highest BCUT2D eigenvalue weighted by Crippen LogP contribution is 2.17. The summed E-state index contributed by atoms with van der Waals surface area (Å²) < 4.78 is 24.0. The number of hydrogen-bond acceptors (Lipinski definition) is 8. The lowest BCUT2D eigenvalue weighted by Gasteiger charge is -2.17. The topological polar surface area (TPSA) is 117 Å². The average molecular weight is 363 g/mol. The van der Waals surface area contributed by atoms with Gasteiger partial charge in [0.05, 0.1) is 6.61 Å². The van der Waals surface area contributed by atoms with Crippen LogP contribution in [0.3, 0.4) is 0 Å². The zero-order valence-electron chi connectivity index (χ0n) is 13.8. The van der Waals surface area contributed by atoms with Gasteiger partial charge in [-0.25, -0.2) is 14.0 Å². The van der Waals surface area contributed by atoms with Crippen LogP contribution in [0.4, 0.5) is 15.0 Å². The molecule has 0 saturated heterocycles. The molecule has 8 nitrogen and oxygen atoms in total. The zero-order valence-corrected chi connectivity index (χ0v) is 14.6. The Labute approximate surface area is 143 Å². The zero-order chi connectivity index (χ0) is 18.3. The van der Waals surface area contributed by atoms with Gasteiger partial charge in [-0.05, 0) is 12.8 Å². The van der Waals surface area contributed by atoms with E-state index in [1.54, 1.807) is 6.92 Å². The first-order valence-corrected chi connectivity index (χ1v) is 8.39. The maximum atomic E-state index is 13.4. The molecule has 0 aliphatic heterocycles. The fourth-order valence-corrected chi connectivity index (χ4v) is 2.39. The van der Waals surface area contributed by atoms with Crippen molar-refractivity contribution in [3.8, 4) is 0 Å². The number of aliphatic hydroxyl groups excluding tert-OH is 1. The maximum absolute atomic E-state index is 13.4. The number of nitrogen functional groups attached to an aromatic ring is 1. The molecule has 2 atom stereocenters. The Bertz CT molecular complexity index is 611. The lowest BCUT2D eigenvalue weighted by molar-refractivity contribution is 0.0318. The fraction of sp³-hybridized carbons (Fsp3) is 0.643. The number of ether oxygens (including phenoxy) is 2. The van der Waals surface area contributed by atoms with E-state index in [1.807, 2.05) is 13.8 Å². The van der Waals surface area contributed by atoms with Gasteiger partial charge in [0.25, 0.3) is 0 Å². The lowest BCUT2D eigenvalue weighted by Crippen LogP contribution is -2.29. The van der Waals surface area contributed by atoms with E-state index in [2.05, 4.69) is 4.98 Å². The van der Waals surface area contributed by atoms with Crippen LogP contribution in [0.5, 0.6) is 0 Å². The predicted molar refractivity (Wildman–Crippen MR) is 88.2 cm³/mol. The van der Waals surface area contributed by atoms with E-state index in [1.165, 1.54) is 0 Å². The predicted octanol–water partition coefficient (Wildman–Crippen LogP) is 1.39. The molecule has 0 amide bonds. The normalized spacial score (nSPS) is 13.6. The van der Waals surface area contributed by atoms with Gasteiger partial charge in [0, 0.05) is 18.0 Å². The molecule has 0 aliphatic carbocycles. The number of nitrogens with two attached hydrogens (primary N) is 1. The van der Waals surface area contributed by atoms with Gasteiger partial charge in [-0.1, -0.05) is 13.8 Å². The lowest BCUT2D eigenvalue weighted by atomic mass is 10.2. The first-order valence-electron chi connectivity index (χ1n) is 7.34. The molecular weight excluding hydrogens is 341 g/mol. The summed E-state index contributed by atoms with van der Waals surface area (Å²) in [5, 5.41) is 9.77. The summed E-state index contributed by atoms with van der Waals surface area (Å²) in [5.41, 5.74) is 3.54. The molecule has 1 aromatic heterocycles. The van der Waals surface area contributed by atoms with Crippen molar-refractivity contribution < 1.29 is 23.8 Å². The summed E-state index contributed by atoms with van der Waals surface area (Å²) in [7, 11) is 0. The number of halogens is 1. The van der Waals surface area contributed by atoms with Crippen molar-refractivity contribution >= 4 is 23.7 Å². The molecule has 0 unspecified atom stereocenters. The van der Waals surface area contributed by atoms with Gasteiger partial charge in [0.2, 0.25) is 0 Å². The molecule has 0 radical (unpaired) electrons. The van der Waals surface area contributed by atoms with Gasteiger partial charge in [0.1, 0.15) is 12.0 Å². The van der Waals surface area contributed by atoms with Crippen molar-refractivity contribution in [3.05, 3.63) is 22.5 Å². The summed E-state index contributed by atoms with van der Waals surface area (Å²) in [5.74, 6) is -0.783. The molecule has 1 heterocycles. The van der Waals surface area contributed by atoms with E-state index < -0.39 is 35.0 Å². The molecule has 0 spiro atoms. The minimum atomic E-state index is -0.999. The van der Waals surface area contributed by atoms with Crippen LogP contribution in [0.15, 0.2) is 11.0 Å². The van der Waals surface area contributed by atoms with Crippen LogP contribution in [0, 0.1) is 11.7 Å². The minimum Gasteiger partial charge on any atom is -0.434 e. The van der Waals surface area contributed by atoms with Crippen molar-refractivity contribution in [3.63, 3.8) is 0 Å². The summed E-state index contributed by atoms with van der Waals surface area (Å²) in [4.78, 5) is 26.3. The molecule has 0 aromatic carbocycles. The largest absolute Gasteiger partial charge is 0.508 e. The highest BCUT2D eigenvalue weighted by molar-refractivity contribution is 7.99. The first kappa shape index (κ1) is 20.2. The van der Waals surface area contributed by atoms with Gasteiger partial charge < -0.3 is 20.3 Å². The SMILES string of the molecule is CC(C)COC(=O)OC[C@H](O)SC[C@H](C)n1cc(F)c(N)nc1=O. The third-order valence-electron chi connectivity index (χ3n) is 2.82. The Morgan fingerprint density at radius 1 is 1.42 bits per heavy atom. The van der Waals surface area contributed by atoms with Gasteiger partial charge in [0.15, 0.2) is 11.6 Å². The molecule has 0 fully saturated rings. The molecule has 0 bridgehead atoms. The van der Waals surface area contributed by atoms with Crippen LogP contribution in [0.25, 0.3) is 0 Å². The van der Waals surface area contributed by atoms with Crippen LogP contribution < -0.4 is 11.4 Å². The Morgan fingerprint density at radius 2 is 2.04 bits per heavy atom. The number of aromatic nitrogens is 2. The van der Waals surface area contributed by atoms with E-state index in [0.717, 1.165) is 22.5 Å². The second-order valence-corrected chi connectivity index (χ2v) is 6.78. The summed E-state index contributed by atoms with van der Waals surface area (Å²) in [6.45, 7) is 5.41. The molecule has 24 heavy (non-hydrogen) atoms. The summed E-state index contributed by atoms with van der Waals surface area (Å²) >= 11 is 1.05. The quantitative estimate of drug-likeness (QED) is 0.526. The van der Waals surface area contributed by atoms with Crippen LogP contribution in [-0.4, -0.2) is 45.2 Å². The summed E-state index contributed by atoms with van der Waals surface area (Å²) in [6.07, 6.45) is 0.125. The van der Waals surface area contributed by atoms with E-state index in [4.69, 9.17) is 15.2 Å². The Balaban J connectivity index is 2.41. The maximum Gasteiger partial charge on any atom is 0.508 e. The number of carbonyl (C=O) groups excluding carboxylic acids is 1. The van der Waals surface area contributed by atoms with Gasteiger partial charge >= 0.3 is 11.8 Å². The third-order valence-corrected chi connectivity index (χ3v) is 4.01. The van der Waals surface area contributed by atoms with Crippen molar-refractivity contribution in [2.24, 2.45) is 5.92 Å². The summed E-state index contributed by atoms with van der Waals surface area (Å²) in [6, 6.07) is -0.437. The molecule has 3 N–H and O–H groups in total. The molecule has 1 rings (SSSR count). The molecular formula is C14H22FN3O5S. The highest BCUT2D eigenvalue weighted by atomic mass is 32.2. The van der Waals surface area contributed by atoms with Crippen molar-refractivity contribution in [1.29, 1.82) is 0 Å². The number of thioether (sulfide) groups is 1. The van der Waals surface area contributed by atoms with Gasteiger partial charge in [-0.15, -0.1) is 11.8 Å². The Hall–Kier alpha value is -1.81. The van der Waals surface area contributed by atoms with Gasteiger partial charge in [-0.2, -0.15) is 4.98 Å². The monoisotopic (exact) mass is 363 g/mol. The van der Waals surface area contributed by atoms with Crippen molar-refractivity contribution in [1.82, 2.24) is 9.55 Å². The first-order chi connectivity index (χ1) is 11.2. The van der Waals surface area contributed by atoms with E-state index in [-0.39, 0.29) is 24.9 Å². The van der Waals surface area contributed by atoms with Crippen LogP contribution in [0.1, 0.15) is 26.8 Å². The molecule has 1 aromatic rings. The number of rotatable bonds is 8. The van der Waals surface area contributed by atoms with Crippen molar-refractivity contribution in [2.45, 2.75) is 32.2 Å². The van der Waals surface area contributed by atoms with E-state index in [0.29, 0.717) is 0 Å². The highest BCUT2D eigenvalue weighted by Gasteiger charge is 2.15. The second-order valence-electron chi connectivity index (χ2n) is 5.57. The Morgan fingerprint density at radius 3 is 2.67 bits per heavy atom. The van der Waals surface area contributed by atoms with Crippen LogP contribution >= 0.6 is 11.8 Å². The molecule has 0 saturated carbocycles. The van der Waals surface area contributed by atoms with E-state index in [9.17, 15) is 19.1 Å². The second kappa shape index (κ2) is 9.48. The number of hydrogen-bond donors (Lipinski definition) is 2. The standard InChI is InChI=1S/C14H22FN3O5S/c1-8(2)5-22-14(21)23-6-11(19)24-7-9(3)18-4-10(15)12(16)17-13(18)20/h4,8-9,11,19H,5-7H2,1-3H3,(H2,16,17,20)/t9-,11+/m0/s1. The van der Waals surface area contributed by atoms with E-state index >= 15 is 0 Å². The number of anilines is 1. The molecule has 136 valence electrons. The fourth-order valence-electron chi connectivity index (χ4n) is 1.57. The number of nitrogens with zero attached hydrogens (tertiary/aromatic N) is 2. The Kier molecular flexibility index (Phi) is 7.99. The van der Waals surface area contributed by atoms with Crippen LogP contribution in [0.2, 0.25) is 0 Å². The van der Waals surface area contributed by atoms with Crippen molar-refractivity contribution in [2.75, 3.05) is 24.7 Å². The minimum absolute atomic E-state index is 0.185. The third kappa shape index (κ3) is 6.75. The number of aliphatic hydroxyl groups is 1. The average Bonchev–Trinajstić information content (AvgIpc) is 2.51. The number of carbonyl (C=O) groups is 1. The molecule has 0 aliphatic rings. The van der Waals surface area contributed by atoms with Crippen LogP contribution in [-0.2, 0) is 9.47 Å². The smallest absolute Gasteiger partial charge is 0.434 e.